The minimum Gasteiger partial charge on any atom is -0.489 e. The van der Waals surface area contributed by atoms with Crippen LogP contribution in [0.3, 0.4) is 0 Å². The minimum absolute atomic E-state index is 0.0842. The third-order valence-corrected chi connectivity index (χ3v) is 4.09. The molecule has 156 valence electrons. The lowest BCUT2D eigenvalue weighted by molar-refractivity contribution is -0.139. The summed E-state index contributed by atoms with van der Waals surface area (Å²) in [7, 11) is 0. The van der Waals surface area contributed by atoms with Gasteiger partial charge in [0.25, 0.3) is 0 Å². The first-order valence-corrected chi connectivity index (χ1v) is 9.07. The minimum atomic E-state index is -1.12. The molecular weight excluding hydrogens is 384 g/mol. The Kier molecular flexibility index (Phi) is 8.35. The number of hydrogen-bond acceptors (Lipinski definition) is 4. The summed E-state index contributed by atoms with van der Waals surface area (Å²) in [4.78, 5) is 23.2. The van der Waals surface area contributed by atoms with Gasteiger partial charge in [-0.15, -0.1) is 0 Å². The Balaban J connectivity index is 1.86. The van der Waals surface area contributed by atoms with Gasteiger partial charge in [-0.1, -0.05) is 12.1 Å². The first kappa shape index (κ1) is 22.1. The largest absolute Gasteiger partial charge is 0.489 e. The molecule has 0 aromatic heterocycles. The number of benzene rings is 2. The molecule has 7 nitrogen and oxygen atoms in total. The average Bonchev–Trinajstić information content (AvgIpc) is 2.69. The zero-order valence-corrected chi connectivity index (χ0v) is 15.7. The smallest absolute Gasteiger partial charge is 0.326 e. The summed E-state index contributed by atoms with van der Waals surface area (Å²) < 4.78 is 32.2. The van der Waals surface area contributed by atoms with Gasteiger partial charge in [0.1, 0.15) is 18.4 Å². The summed E-state index contributed by atoms with van der Waals surface area (Å²) in [5, 5.41) is 14.1. The van der Waals surface area contributed by atoms with Crippen LogP contribution in [0.5, 0.6) is 5.75 Å². The standard InChI is InChI=1S/C20H23F2N3O4/c21-16-5-3-4-13(18(16)22)12-29-15-9-7-14(8-10-15)24-20(28)25-17(19(26)27)6-1-2-11-23/h3-5,7-10,17H,1-2,6,11-12,23H2,(H,26,27)(H2,24,25,28)/t17-/m0/s1. The van der Waals surface area contributed by atoms with Crippen molar-refractivity contribution in [2.45, 2.75) is 31.9 Å². The summed E-state index contributed by atoms with van der Waals surface area (Å²) in [6.45, 7) is 0.304. The molecule has 29 heavy (non-hydrogen) atoms. The Hall–Kier alpha value is -3.20. The number of nitrogens with two attached hydrogens (primary N) is 1. The first-order valence-electron chi connectivity index (χ1n) is 9.07. The van der Waals surface area contributed by atoms with Gasteiger partial charge >= 0.3 is 12.0 Å². The third kappa shape index (κ3) is 7.04. The maximum atomic E-state index is 13.6. The van der Waals surface area contributed by atoms with Gasteiger partial charge in [-0.05, 0) is 56.1 Å². The number of rotatable bonds is 10. The molecule has 0 saturated heterocycles. The summed E-state index contributed by atoms with van der Waals surface area (Å²) in [6.07, 6.45) is 1.54. The van der Waals surface area contributed by atoms with E-state index in [1.54, 1.807) is 24.3 Å². The van der Waals surface area contributed by atoms with Crippen LogP contribution < -0.4 is 21.1 Å². The second kappa shape index (κ2) is 11.0. The van der Waals surface area contributed by atoms with Gasteiger partial charge in [0.15, 0.2) is 11.6 Å². The second-order valence-corrected chi connectivity index (χ2v) is 6.30. The molecule has 5 N–H and O–H groups in total. The molecule has 0 bridgehead atoms. The normalized spacial score (nSPS) is 11.6. The summed E-state index contributed by atoms with van der Waals surface area (Å²) in [6, 6.07) is 8.35. The third-order valence-electron chi connectivity index (χ3n) is 4.09. The van der Waals surface area contributed by atoms with Gasteiger partial charge in [0.05, 0.1) is 0 Å². The molecule has 0 aliphatic carbocycles. The Labute approximate surface area is 166 Å². The topological polar surface area (TPSA) is 114 Å². The number of nitrogens with one attached hydrogen (secondary N) is 2. The molecule has 0 heterocycles. The van der Waals surface area contributed by atoms with E-state index in [0.29, 0.717) is 30.8 Å². The van der Waals surface area contributed by atoms with Gasteiger partial charge in [-0.2, -0.15) is 0 Å². The highest BCUT2D eigenvalue weighted by atomic mass is 19.2. The quantitative estimate of drug-likeness (QED) is 0.452. The molecule has 9 heteroatoms. The second-order valence-electron chi connectivity index (χ2n) is 6.30. The highest BCUT2D eigenvalue weighted by molar-refractivity contribution is 5.92. The molecule has 0 saturated carbocycles. The molecule has 2 aromatic carbocycles. The van der Waals surface area contributed by atoms with Gasteiger partial charge < -0.3 is 26.2 Å². The molecule has 0 fully saturated rings. The van der Waals surface area contributed by atoms with E-state index in [-0.39, 0.29) is 18.6 Å². The average molecular weight is 407 g/mol. The molecule has 1 atom stereocenters. The van der Waals surface area contributed by atoms with Crippen LogP contribution in [0.2, 0.25) is 0 Å². The number of carboxylic acid groups (broad SMARTS) is 1. The lowest BCUT2D eigenvalue weighted by Crippen LogP contribution is -2.43. The highest BCUT2D eigenvalue weighted by Crippen LogP contribution is 2.19. The number of carboxylic acids is 1. The molecule has 0 aliphatic heterocycles. The van der Waals surface area contributed by atoms with Crippen molar-refractivity contribution in [3.05, 3.63) is 59.7 Å². The predicted molar refractivity (Wildman–Crippen MR) is 104 cm³/mol. The van der Waals surface area contributed by atoms with Crippen LogP contribution in [0.4, 0.5) is 19.3 Å². The van der Waals surface area contributed by atoms with Crippen LogP contribution in [0.25, 0.3) is 0 Å². The van der Waals surface area contributed by atoms with Crippen LogP contribution in [0.15, 0.2) is 42.5 Å². The fourth-order valence-electron chi connectivity index (χ4n) is 2.53. The number of halogens is 2. The summed E-state index contributed by atoms with van der Waals surface area (Å²) in [5.74, 6) is -2.63. The number of carbonyl (C=O) groups excluding carboxylic acids is 1. The van der Waals surface area contributed by atoms with Crippen LogP contribution >= 0.6 is 0 Å². The van der Waals surface area contributed by atoms with Gasteiger partial charge in [-0.3, -0.25) is 0 Å². The zero-order valence-electron chi connectivity index (χ0n) is 15.7. The highest BCUT2D eigenvalue weighted by Gasteiger charge is 2.19. The summed E-state index contributed by atoms with van der Waals surface area (Å²) in [5.41, 5.74) is 5.88. The van der Waals surface area contributed by atoms with E-state index in [4.69, 9.17) is 10.5 Å². The van der Waals surface area contributed by atoms with Gasteiger partial charge in [0, 0.05) is 11.3 Å². The number of aliphatic carboxylic acids is 1. The van der Waals surface area contributed by atoms with Crippen LogP contribution in [0.1, 0.15) is 24.8 Å². The molecule has 0 spiro atoms. The molecule has 0 radical (unpaired) electrons. The van der Waals surface area contributed by atoms with E-state index >= 15 is 0 Å². The molecule has 0 unspecified atom stereocenters. The molecule has 2 aromatic rings. The van der Waals surface area contributed by atoms with Crippen LogP contribution in [0, 0.1) is 11.6 Å². The lowest BCUT2D eigenvalue weighted by Gasteiger charge is -2.15. The molecular formula is C20H23F2N3O4. The fourth-order valence-corrected chi connectivity index (χ4v) is 2.53. The number of ether oxygens (including phenoxy) is 1. The Morgan fingerprint density at radius 1 is 1.10 bits per heavy atom. The lowest BCUT2D eigenvalue weighted by atomic mass is 10.1. The van der Waals surface area contributed by atoms with E-state index in [0.717, 1.165) is 6.07 Å². The van der Waals surface area contributed by atoms with E-state index in [2.05, 4.69) is 10.6 Å². The van der Waals surface area contributed by atoms with E-state index in [9.17, 15) is 23.5 Å². The van der Waals surface area contributed by atoms with Gasteiger partial charge in [-0.25, -0.2) is 18.4 Å². The van der Waals surface area contributed by atoms with Crippen molar-refractivity contribution in [3.63, 3.8) is 0 Å². The van der Waals surface area contributed by atoms with Crippen molar-refractivity contribution in [1.82, 2.24) is 5.32 Å². The number of unbranched alkanes of at least 4 members (excludes halogenated alkanes) is 1. The van der Waals surface area contributed by atoms with Crippen LogP contribution in [-0.4, -0.2) is 29.7 Å². The van der Waals surface area contributed by atoms with Crippen molar-refractivity contribution >= 4 is 17.7 Å². The number of urea groups is 1. The number of carbonyl (C=O) groups is 2. The number of hydrogen-bond donors (Lipinski definition) is 4. The monoisotopic (exact) mass is 407 g/mol. The van der Waals surface area contributed by atoms with Crippen molar-refractivity contribution < 1.29 is 28.2 Å². The maximum Gasteiger partial charge on any atom is 0.326 e. The SMILES string of the molecule is NCCCC[C@H](NC(=O)Nc1ccc(OCc2cccc(F)c2F)cc1)C(=O)O. The fraction of sp³-hybridized carbons (Fsp3) is 0.300. The summed E-state index contributed by atoms with van der Waals surface area (Å²) >= 11 is 0. The van der Waals surface area contributed by atoms with Crippen molar-refractivity contribution in [3.8, 4) is 5.75 Å². The Morgan fingerprint density at radius 3 is 2.48 bits per heavy atom. The predicted octanol–water partition coefficient (Wildman–Crippen LogP) is 3.25. The maximum absolute atomic E-state index is 13.6. The van der Waals surface area contributed by atoms with E-state index in [1.165, 1.54) is 12.1 Å². The number of amides is 2. The first-order chi connectivity index (χ1) is 13.9. The van der Waals surface area contributed by atoms with Crippen LogP contribution in [-0.2, 0) is 11.4 Å². The van der Waals surface area contributed by atoms with Gasteiger partial charge in [0.2, 0.25) is 0 Å². The van der Waals surface area contributed by atoms with Crippen molar-refractivity contribution in [2.24, 2.45) is 5.73 Å². The molecule has 0 aliphatic rings. The van der Waals surface area contributed by atoms with E-state index < -0.39 is 29.7 Å². The zero-order chi connectivity index (χ0) is 21.2. The number of anilines is 1. The van der Waals surface area contributed by atoms with Crippen molar-refractivity contribution in [1.29, 1.82) is 0 Å². The Morgan fingerprint density at radius 2 is 1.83 bits per heavy atom. The molecule has 2 rings (SSSR count). The van der Waals surface area contributed by atoms with Crippen molar-refractivity contribution in [2.75, 3.05) is 11.9 Å². The Bertz CT molecular complexity index is 831. The molecule has 2 amide bonds. The van der Waals surface area contributed by atoms with E-state index in [1.807, 2.05) is 0 Å².